The van der Waals surface area contributed by atoms with E-state index < -0.39 is 0 Å². The first-order chi connectivity index (χ1) is 18.0. The Morgan fingerprint density at radius 2 is 2.00 bits per heavy atom. The molecule has 2 unspecified atom stereocenters. The van der Waals surface area contributed by atoms with E-state index >= 15 is 0 Å². The number of aliphatic hydroxyl groups is 1. The monoisotopic (exact) mass is 500 g/mol. The maximum Gasteiger partial charge on any atom is 0.254 e. The molecular formula is C32H40N2O3. The molecule has 5 heteroatoms. The fourth-order valence-electron chi connectivity index (χ4n) is 10.1. The molecule has 7 atom stereocenters. The summed E-state index contributed by atoms with van der Waals surface area (Å²) in [5, 5.41) is 21.6. The molecule has 37 heavy (non-hydrogen) atoms. The van der Waals surface area contributed by atoms with E-state index in [0.717, 1.165) is 76.6 Å². The Kier molecular flexibility index (Phi) is 5.50. The third kappa shape index (κ3) is 3.19. The molecule has 1 amide bonds. The first-order valence-electron chi connectivity index (χ1n) is 14.6. The van der Waals surface area contributed by atoms with E-state index in [0.29, 0.717) is 23.6 Å². The summed E-state index contributed by atoms with van der Waals surface area (Å²) >= 11 is 0. The van der Waals surface area contributed by atoms with Gasteiger partial charge >= 0.3 is 0 Å². The van der Waals surface area contributed by atoms with E-state index in [2.05, 4.69) is 28.9 Å². The van der Waals surface area contributed by atoms with Crippen LogP contribution in [0.1, 0.15) is 73.4 Å². The van der Waals surface area contributed by atoms with E-state index in [1.165, 1.54) is 11.1 Å². The molecule has 2 saturated heterocycles. The lowest BCUT2D eigenvalue weighted by Crippen LogP contribution is -2.70. The summed E-state index contributed by atoms with van der Waals surface area (Å²) in [5.74, 6) is 1.50. The predicted molar refractivity (Wildman–Crippen MR) is 144 cm³/mol. The van der Waals surface area contributed by atoms with Crippen LogP contribution in [0.4, 0.5) is 0 Å². The van der Waals surface area contributed by atoms with Crippen molar-refractivity contribution in [2.24, 2.45) is 17.3 Å². The van der Waals surface area contributed by atoms with Crippen molar-refractivity contribution >= 4 is 5.91 Å². The SMILES string of the molecule is CCCC[C@H](O)CN1CC[C@@]23c4cc(O)ccc4C[C@@H]1[C@]21CCC2C3[C@@H](CN2C(=O)c2ccccc2)C1. The molecule has 2 aliphatic heterocycles. The Balaban J connectivity index is 1.29. The van der Waals surface area contributed by atoms with E-state index in [-0.39, 0.29) is 28.9 Å². The van der Waals surface area contributed by atoms with Crippen molar-refractivity contribution in [2.75, 3.05) is 19.6 Å². The molecule has 2 N–H and O–H groups in total. The van der Waals surface area contributed by atoms with Gasteiger partial charge in [-0.25, -0.2) is 0 Å². The minimum atomic E-state index is -0.263. The molecule has 4 fully saturated rings. The Morgan fingerprint density at radius 1 is 1.16 bits per heavy atom. The number of aliphatic hydroxyl groups excluding tert-OH is 1. The highest BCUT2D eigenvalue weighted by atomic mass is 16.3. The van der Waals surface area contributed by atoms with Gasteiger partial charge in [0.25, 0.3) is 5.91 Å². The highest BCUT2D eigenvalue weighted by Gasteiger charge is 2.76. The smallest absolute Gasteiger partial charge is 0.254 e. The predicted octanol–water partition coefficient (Wildman–Crippen LogP) is 4.75. The van der Waals surface area contributed by atoms with E-state index in [9.17, 15) is 15.0 Å². The summed E-state index contributed by atoms with van der Waals surface area (Å²) in [6, 6.07) is 16.6. The number of aromatic hydroxyl groups is 1. The van der Waals surface area contributed by atoms with Crippen LogP contribution in [0, 0.1) is 17.3 Å². The maximum absolute atomic E-state index is 13.7. The van der Waals surface area contributed by atoms with Crippen LogP contribution < -0.4 is 0 Å². The number of carbonyl (C=O) groups excluding carboxylic acids is 1. The average Bonchev–Trinajstić information content (AvgIpc) is 3.36. The number of β-amino-alcohol motifs (C(OH)–C–C–N with tert-alkyl or cyclic N) is 1. The number of unbranched alkanes of at least 4 members (excludes halogenated alkanes) is 1. The second-order valence-electron chi connectivity index (χ2n) is 12.6. The molecule has 0 aromatic heterocycles. The second kappa shape index (κ2) is 8.57. The van der Waals surface area contributed by atoms with Gasteiger partial charge in [-0.05, 0) is 97.7 Å². The summed E-state index contributed by atoms with van der Waals surface area (Å²) in [5.41, 5.74) is 3.73. The van der Waals surface area contributed by atoms with Crippen molar-refractivity contribution in [3.05, 3.63) is 65.2 Å². The average molecular weight is 501 g/mol. The molecule has 2 aromatic rings. The summed E-state index contributed by atoms with van der Waals surface area (Å²) in [6.45, 7) is 4.81. The van der Waals surface area contributed by atoms with Crippen LogP contribution in [-0.4, -0.2) is 63.7 Å². The Labute approximate surface area is 220 Å². The number of fused-ring (bicyclic) bond motifs is 1. The van der Waals surface area contributed by atoms with Gasteiger partial charge in [-0.15, -0.1) is 0 Å². The van der Waals surface area contributed by atoms with Gasteiger partial charge in [-0.2, -0.15) is 0 Å². The van der Waals surface area contributed by atoms with Gasteiger partial charge < -0.3 is 15.1 Å². The van der Waals surface area contributed by atoms with Crippen LogP contribution in [0.2, 0.25) is 0 Å². The van der Waals surface area contributed by atoms with Gasteiger partial charge in [-0.1, -0.05) is 44.0 Å². The standard InChI is InChI=1S/C32H40N2O3/c1-2-3-9-25(36)20-33-15-14-32-26-17-24(35)11-10-22(26)16-28(33)31(32)13-12-27-29(32)23(18-31)19-34(27)30(37)21-7-5-4-6-8-21/h4-8,10-11,17,23,25,27-29,35-36H,2-3,9,12-16,18-20H2,1H3/t23-,25+,27?,28-,29?,31-,32+/m1/s1. The second-order valence-corrected chi connectivity index (χ2v) is 12.6. The van der Waals surface area contributed by atoms with Crippen molar-refractivity contribution in [1.82, 2.24) is 9.80 Å². The van der Waals surface area contributed by atoms with Crippen molar-refractivity contribution < 1.29 is 15.0 Å². The Morgan fingerprint density at radius 3 is 2.81 bits per heavy atom. The zero-order valence-electron chi connectivity index (χ0n) is 22.0. The fraction of sp³-hybridized carbons (Fsp3) is 0.594. The zero-order valence-corrected chi connectivity index (χ0v) is 22.0. The topological polar surface area (TPSA) is 64.0 Å². The number of rotatable bonds is 6. The first-order valence-corrected chi connectivity index (χ1v) is 14.6. The molecule has 0 spiro atoms. The fourth-order valence-corrected chi connectivity index (χ4v) is 10.1. The summed E-state index contributed by atoms with van der Waals surface area (Å²) in [4.78, 5) is 18.6. The highest BCUT2D eigenvalue weighted by molar-refractivity contribution is 5.94. The molecule has 3 aliphatic carbocycles. The van der Waals surface area contributed by atoms with Gasteiger partial charge in [0.05, 0.1) is 6.10 Å². The van der Waals surface area contributed by atoms with Crippen molar-refractivity contribution in [3.8, 4) is 5.75 Å². The highest BCUT2D eigenvalue weighted by Crippen LogP contribution is 2.75. The molecule has 5 nitrogen and oxygen atoms in total. The quantitative estimate of drug-likeness (QED) is 0.601. The van der Waals surface area contributed by atoms with E-state index in [4.69, 9.17) is 0 Å². The first kappa shape index (κ1) is 23.7. The van der Waals surface area contributed by atoms with Gasteiger partial charge in [0.15, 0.2) is 0 Å². The molecule has 0 radical (unpaired) electrons. The lowest BCUT2D eigenvalue weighted by atomic mass is 9.43. The number of nitrogens with zero attached hydrogens (tertiary/aromatic N) is 2. The molecule has 196 valence electrons. The van der Waals surface area contributed by atoms with Crippen LogP contribution in [-0.2, 0) is 11.8 Å². The van der Waals surface area contributed by atoms with Crippen LogP contribution in [0.15, 0.2) is 48.5 Å². The minimum absolute atomic E-state index is 0.00810. The van der Waals surface area contributed by atoms with Crippen LogP contribution in [0.5, 0.6) is 5.75 Å². The van der Waals surface area contributed by atoms with Gasteiger partial charge in [0.1, 0.15) is 5.75 Å². The van der Waals surface area contributed by atoms with Gasteiger partial charge in [0, 0.05) is 36.2 Å². The van der Waals surface area contributed by atoms with E-state index in [1.807, 2.05) is 36.4 Å². The Bertz CT molecular complexity index is 1200. The maximum atomic E-state index is 13.7. The zero-order chi connectivity index (χ0) is 25.4. The third-order valence-corrected chi connectivity index (χ3v) is 11.2. The number of phenols is 1. The van der Waals surface area contributed by atoms with Crippen molar-refractivity contribution in [2.45, 2.75) is 81.9 Å². The molecule has 4 bridgehead atoms. The number of likely N-dealkylation sites (tertiary alicyclic amines) is 2. The lowest BCUT2D eigenvalue weighted by Gasteiger charge is -2.66. The lowest BCUT2D eigenvalue weighted by molar-refractivity contribution is -0.109. The van der Waals surface area contributed by atoms with Crippen LogP contribution >= 0.6 is 0 Å². The number of hydrogen-bond donors (Lipinski definition) is 2. The number of amides is 1. The van der Waals surface area contributed by atoms with Gasteiger partial charge in [0.2, 0.25) is 0 Å². The Hall–Kier alpha value is -2.37. The van der Waals surface area contributed by atoms with E-state index in [1.54, 1.807) is 0 Å². The molecule has 7 rings (SSSR count). The van der Waals surface area contributed by atoms with Crippen LogP contribution in [0.25, 0.3) is 0 Å². The molecule has 2 aromatic carbocycles. The van der Waals surface area contributed by atoms with Crippen molar-refractivity contribution in [1.29, 1.82) is 0 Å². The van der Waals surface area contributed by atoms with Crippen molar-refractivity contribution in [3.63, 3.8) is 0 Å². The summed E-state index contributed by atoms with van der Waals surface area (Å²) < 4.78 is 0. The third-order valence-electron chi connectivity index (χ3n) is 11.2. The molecule has 2 saturated carbocycles. The van der Waals surface area contributed by atoms with Crippen LogP contribution in [0.3, 0.4) is 0 Å². The number of phenolic OH excluding ortho intramolecular Hbond substituents is 1. The molecule has 2 heterocycles. The minimum Gasteiger partial charge on any atom is -0.508 e. The largest absolute Gasteiger partial charge is 0.508 e. The number of piperidine rings is 1. The number of hydrogen-bond acceptors (Lipinski definition) is 4. The summed E-state index contributed by atoms with van der Waals surface area (Å²) in [7, 11) is 0. The molecule has 5 aliphatic rings. The molecular weight excluding hydrogens is 460 g/mol. The summed E-state index contributed by atoms with van der Waals surface area (Å²) in [6.07, 6.45) is 8.24. The number of benzene rings is 2. The number of carbonyl (C=O) groups is 1. The van der Waals surface area contributed by atoms with Gasteiger partial charge in [-0.3, -0.25) is 9.69 Å². The normalized spacial score (nSPS) is 36.2.